The summed E-state index contributed by atoms with van der Waals surface area (Å²) in [5.41, 5.74) is 5.68. The smallest absolute Gasteiger partial charge is 0.0582 e. The van der Waals surface area contributed by atoms with Crippen LogP contribution < -0.4 is 5.73 Å². The molecule has 0 heterocycles. The third-order valence-corrected chi connectivity index (χ3v) is 2.26. The van der Waals surface area contributed by atoms with Crippen molar-refractivity contribution in [2.75, 3.05) is 6.61 Å². The fourth-order valence-electron chi connectivity index (χ4n) is 1.70. The van der Waals surface area contributed by atoms with Crippen LogP contribution in [0.15, 0.2) is 0 Å². The third kappa shape index (κ3) is 5.56. The zero-order chi connectivity index (χ0) is 9.40. The topological polar surface area (TPSA) is 46.2 Å². The summed E-state index contributed by atoms with van der Waals surface area (Å²) >= 11 is 0. The summed E-state index contributed by atoms with van der Waals surface area (Å²) in [7, 11) is 0. The van der Waals surface area contributed by atoms with E-state index in [9.17, 15) is 0 Å². The lowest BCUT2D eigenvalue weighted by Crippen LogP contribution is -2.27. The molecule has 0 rings (SSSR count). The second kappa shape index (κ2) is 7.56. The molecule has 2 nitrogen and oxygen atoms in total. The molecule has 0 aliphatic carbocycles. The van der Waals surface area contributed by atoms with E-state index in [1.807, 2.05) is 0 Å². The van der Waals surface area contributed by atoms with Crippen LogP contribution in [0.3, 0.4) is 0 Å². The van der Waals surface area contributed by atoms with Crippen molar-refractivity contribution in [1.82, 2.24) is 0 Å². The molecular formula is C10H23NO. The lowest BCUT2D eigenvalue weighted by atomic mass is 9.92. The van der Waals surface area contributed by atoms with E-state index in [2.05, 4.69) is 13.8 Å². The summed E-state index contributed by atoms with van der Waals surface area (Å²) in [6.45, 7) is 4.53. The van der Waals surface area contributed by atoms with Gasteiger partial charge < -0.3 is 10.8 Å². The van der Waals surface area contributed by atoms with Gasteiger partial charge in [0, 0.05) is 6.04 Å². The Hall–Kier alpha value is -0.0800. The quantitative estimate of drug-likeness (QED) is 0.618. The van der Waals surface area contributed by atoms with Gasteiger partial charge in [0.15, 0.2) is 0 Å². The number of aliphatic hydroxyl groups excluding tert-OH is 1. The highest BCUT2D eigenvalue weighted by Crippen LogP contribution is 2.18. The molecule has 1 atom stereocenters. The first-order valence-electron chi connectivity index (χ1n) is 5.11. The van der Waals surface area contributed by atoms with Gasteiger partial charge in [-0.1, -0.05) is 39.5 Å². The van der Waals surface area contributed by atoms with Crippen molar-refractivity contribution in [2.45, 2.75) is 52.0 Å². The van der Waals surface area contributed by atoms with Crippen LogP contribution in [0.1, 0.15) is 46.0 Å². The van der Waals surface area contributed by atoms with Gasteiger partial charge in [0.05, 0.1) is 6.61 Å². The Balaban J connectivity index is 3.61. The maximum Gasteiger partial charge on any atom is 0.0582 e. The number of hydrogen-bond acceptors (Lipinski definition) is 2. The Morgan fingerprint density at radius 2 is 1.67 bits per heavy atom. The fraction of sp³-hybridized carbons (Fsp3) is 1.00. The van der Waals surface area contributed by atoms with E-state index in [0.29, 0.717) is 0 Å². The molecule has 74 valence electrons. The second-order valence-electron chi connectivity index (χ2n) is 3.62. The monoisotopic (exact) mass is 173 g/mol. The van der Waals surface area contributed by atoms with Crippen molar-refractivity contribution < 1.29 is 5.11 Å². The summed E-state index contributed by atoms with van der Waals surface area (Å²) in [6.07, 6.45) is 5.94. The van der Waals surface area contributed by atoms with E-state index in [4.69, 9.17) is 10.8 Å². The van der Waals surface area contributed by atoms with Gasteiger partial charge in [0.2, 0.25) is 0 Å². The Kier molecular flexibility index (Phi) is 7.51. The van der Waals surface area contributed by atoms with E-state index in [1.54, 1.807) is 0 Å². The van der Waals surface area contributed by atoms with Gasteiger partial charge >= 0.3 is 0 Å². The lowest BCUT2D eigenvalue weighted by Gasteiger charge is -2.18. The maximum absolute atomic E-state index is 8.80. The molecule has 1 unspecified atom stereocenters. The van der Waals surface area contributed by atoms with Crippen LogP contribution in [0.2, 0.25) is 0 Å². The first-order chi connectivity index (χ1) is 5.74. The van der Waals surface area contributed by atoms with E-state index in [1.165, 1.54) is 25.7 Å². The summed E-state index contributed by atoms with van der Waals surface area (Å²) in [5.74, 6) is 0.724. The predicted molar refractivity (Wildman–Crippen MR) is 53.0 cm³/mol. The highest BCUT2D eigenvalue weighted by atomic mass is 16.3. The maximum atomic E-state index is 8.80. The van der Waals surface area contributed by atoms with Crippen LogP contribution in [0.4, 0.5) is 0 Å². The molecule has 2 heteroatoms. The summed E-state index contributed by atoms with van der Waals surface area (Å²) in [5, 5.41) is 8.80. The zero-order valence-corrected chi connectivity index (χ0v) is 8.42. The summed E-state index contributed by atoms with van der Waals surface area (Å²) in [6, 6.07) is -0.00639. The van der Waals surface area contributed by atoms with Gasteiger partial charge in [-0.25, -0.2) is 0 Å². The minimum atomic E-state index is -0.00639. The first kappa shape index (κ1) is 11.9. The molecule has 0 spiro atoms. The molecule has 0 aromatic heterocycles. The van der Waals surface area contributed by atoms with Crippen molar-refractivity contribution in [2.24, 2.45) is 11.7 Å². The third-order valence-electron chi connectivity index (χ3n) is 2.26. The molecule has 0 aliphatic heterocycles. The molecule has 12 heavy (non-hydrogen) atoms. The van der Waals surface area contributed by atoms with Crippen molar-refractivity contribution in [1.29, 1.82) is 0 Å². The molecule has 0 saturated heterocycles. The Labute approximate surface area is 76.2 Å². The summed E-state index contributed by atoms with van der Waals surface area (Å²) in [4.78, 5) is 0. The van der Waals surface area contributed by atoms with Gasteiger partial charge in [-0.05, 0) is 12.3 Å². The first-order valence-corrected chi connectivity index (χ1v) is 5.11. The Morgan fingerprint density at radius 3 is 2.00 bits per heavy atom. The average Bonchev–Trinajstić information content (AvgIpc) is 2.05. The fourth-order valence-corrected chi connectivity index (χ4v) is 1.70. The standard InChI is InChI=1S/C10H23NO/c1-3-5-9(6-4-2)7-10(11)8-12/h9-10,12H,3-8,11H2,1-2H3. The van der Waals surface area contributed by atoms with Crippen molar-refractivity contribution in [3.63, 3.8) is 0 Å². The van der Waals surface area contributed by atoms with Gasteiger partial charge in [-0.2, -0.15) is 0 Å². The highest BCUT2D eigenvalue weighted by Gasteiger charge is 2.10. The number of hydrogen-bond donors (Lipinski definition) is 2. The zero-order valence-electron chi connectivity index (χ0n) is 8.42. The molecule has 0 amide bonds. The Bertz CT molecular complexity index is 89.8. The summed E-state index contributed by atoms with van der Waals surface area (Å²) < 4.78 is 0. The van der Waals surface area contributed by atoms with Gasteiger partial charge in [0.1, 0.15) is 0 Å². The van der Waals surface area contributed by atoms with Crippen LogP contribution in [-0.2, 0) is 0 Å². The molecule has 0 bridgehead atoms. The number of aliphatic hydroxyl groups is 1. The molecule has 0 radical (unpaired) electrons. The minimum Gasteiger partial charge on any atom is -0.395 e. The molecular weight excluding hydrogens is 150 g/mol. The molecule has 0 aromatic rings. The van der Waals surface area contributed by atoms with E-state index >= 15 is 0 Å². The second-order valence-corrected chi connectivity index (χ2v) is 3.62. The molecule has 0 fully saturated rings. The predicted octanol–water partition coefficient (Wildman–Crippen LogP) is 1.91. The number of rotatable bonds is 7. The van der Waals surface area contributed by atoms with E-state index in [-0.39, 0.29) is 12.6 Å². The highest BCUT2D eigenvalue weighted by molar-refractivity contribution is 4.67. The average molecular weight is 173 g/mol. The molecule has 3 N–H and O–H groups in total. The molecule has 0 aliphatic rings. The van der Waals surface area contributed by atoms with Gasteiger partial charge in [-0.15, -0.1) is 0 Å². The van der Waals surface area contributed by atoms with Crippen LogP contribution in [0.5, 0.6) is 0 Å². The van der Waals surface area contributed by atoms with Crippen LogP contribution in [0.25, 0.3) is 0 Å². The minimum absolute atomic E-state index is 0.00639. The molecule has 0 aromatic carbocycles. The lowest BCUT2D eigenvalue weighted by molar-refractivity contribution is 0.237. The SMILES string of the molecule is CCCC(CCC)CC(N)CO. The molecule has 0 saturated carbocycles. The van der Waals surface area contributed by atoms with Crippen LogP contribution in [0, 0.1) is 5.92 Å². The van der Waals surface area contributed by atoms with Crippen molar-refractivity contribution >= 4 is 0 Å². The normalized spacial score (nSPS) is 13.8. The largest absolute Gasteiger partial charge is 0.395 e. The van der Waals surface area contributed by atoms with Gasteiger partial charge in [0.25, 0.3) is 0 Å². The van der Waals surface area contributed by atoms with Crippen LogP contribution in [-0.4, -0.2) is 17.8 Å². The van der Waals surface area contributed by atoms with E-state index in [0.717, 1.165) is 12.3 Å². The van der Waals surface area contributed by atoms with E-state index < -0.39 is 0 Å². The van der Waals surface area contributed by atoms with Gasteiger partial charge in [-0.3, -0.25) is 0 Å². The van der Waals surface area contributed by atoms with Crippen LogP contribution >= 0.6 is 0 Å². The van der Waals surface area contributed by atoms with Crippen molar-refractivity contribution in [3.05, 3.63) is 0 Å². The number of nitrogens with two attached hydrogens (primary N) is 1. The van der Waals surface area contributed by atoms with Crippen molar-refractivity contribution in [3.8, 4) is 0 Å². The Morgan fingerprint density at radius 1 is 1.17 bits per heavy atom.